The second-order valence-electron chi connectivity index (χ2n) is 12.4. The minimum Gasteiger partial charge on any atom is -0.467 e. The topological polar surface area (TPSA) is 120 Å². The zero-order valence-corrected chi connectivity index (χ0v) is 23.9. The van der Waals surface area contributed by atoms with Gasteiger partial charge in [0.05, 0.1) is 20.0 Å². The Labute approximate surface area is 226 Å². The van der Waals surface area contributed by atoms with Gasteiger partial charge in [-0.2, -0.15) is 0 Å². The Balaban J connectivity index is 2.23. The Morgan fingerprint density at radius 2 is 1.42 bits per heavy atom. The zero-order valence-electron chi connectivity index (χ0n) is 23.9. The molecule has 1 aromatic carbocycles. The standard InChI is InChI=1S/C29H44N2O7/c1-28(2,3)17-24(32)37-22-14-13-19(16-23(22)38-25(33)18-29(4,5)6)15-21(26(34)36-7)31-27(35)30-20-11-9-8-10-12-20/h13-14,16,20-21H,8-12,15,17-18H2,1-7H3,(H2,30,31,35)/t21-/m0/s1. The molecular weight excluding hydrogens is 488 g/mol. The number of esters is 3. The third-order valence-corrected chi connectivity index (χ3v) is 5.98. The van der Waals surface area contributed by atoms with Crippen LogP contribution in [-0.2, 0) is 25.5 Å². The normalized spacial score (nSPS) is 15.2. The average molecular weight is 533 g/mol. The molecule has 0 aromatic heterocycles. The van der Waals surface area contributed by atoms with Crippen LogP contribution in [0.15, 0.2) is 18.2 Å². The maximum Gasteiger partial charge on any atom is 0.328 e. The van der Waals surface area contributed by atoms with E-state index in [2.05, 4.69) is 10.6 Å². The molecule has 2 N–H and O–H groups in total. The van der Waals surface area contributed by atoms with Crippen LogP contribution in [-0.4, -0.2) is 43.1 Å². The number of methoxy groups -OCH3 is 1. The van der Waals surface area contributed by atoms with Crippen molar-refractivity contribution in [3.05, 3.63) is 23.8 Å². The van der Waals surface area contributed by atoms with E-state index in [4.69, 9.17) is 14.2 Å². The van der Waals surface area contributed by atoms with E-state index in [-0.39, 0.29) is 47.6 Å². The van der Waals surface area contributed by atoms with Crippen molar-refractivity contribution in [1.82, 2.24) is 10.6 Å². The molecule has 0 unspecified atom stereocenters. The van der Waals surface area contributed by atoms with Crippen molar-refractivity contribution in [3.63, 3.8) is 0 Å². The van der Waals surface area contributed by atoms with E-state index in [1.54, 1.807) is 12.1 Å². The first-order valence-electron chi connectivity index (χ1n) is 13.3. The molecule has 38 heavy (non-hydrogen) atoms. The number of nitrogens with one attached hydrogen (secondary N) is 2. The lowest BCUT2D eigenvalue weighted by atomic mass is 9.92. The molecule has 1 saturated carbocycles. The maximum atomic E-state index is 12.6. The fourth-order valence-corrected chi connectivity index (χ4v) is 4.23. The summed E-state index contributed by atoms with van der Waals surface area (Å²) in [4.78, 5) is 50.2. The molecule has 0 heterocycles. The van der Waals surface area contributed by atoms with Gasteiger partial charge in [-0.15, -0.1) is 0 Å². The number of benzene rings is 1. The molecule has 212 valence electrons. The highest BCUT2D eigenvalue weighted by atomic mass is 16.6. The number of hydrogen-bond donors (Lipinski definition) is 2. The molecule has 0 bridgehead atoms. The van der Waals surface area contributed by atoms with E-state index in [1.807, 2.05) is 41.5 Å². The minimum absolute atomic E-state index is 0.0780. The van der Waals surface area contributed by atoms with Gasteiger partial charge in [0.2, 0.25) is 0 Å². The summed E-state index contributed by atoms with van der Waals surface area (Å²) in [5, 5.41) is 5.65. The number of hydrogen-bond acceptors (Lipinski definition) is 7. The SMILES string of the molecule is COC(=O)[C@H](Cc1ccc(OC(=O)CC(C)(C)C)c(OC(=O)CC(C)(C)C)c1)NC(=O)NC1CCCCC1. The van der Waals surface area contributed by atoms with E-state index in [0.29, 0.717) is 5.56 Å². The van der Waals surface area contributed by atoms with Crippen LogP contribution < -0.4 is 20.1 Å². The number of ether oxygens (including phenoxy) is 3. The van der Waals surface area contributed by atoms with Gasteiger partial charge in [-0.3, -0.25) is 9.59 Å². The van der Waals surface area contributed by atoms with E-state index in [0.717, 1.165) is 32.1 Å². The first kappa shape index (κ1) is 31.1. The van der Waals surface area contributed by atoms with Crippen molar-refractivity contribution in [2.24, 2.45) is 10.8 Å². The Bertz CT molecular complexity index is 986. The lowest BCUT2D eigenvalue weighted by Crippen LogP contribution is -2.50. The molecular formula is C29H44N2O7. The van der Waals surface area contributed by atoms with Gasteiger partial charge in [0.25, 0.3) is 0 Å². The average Bonchev–Trinajstić information content (AvgIpc) is 2.78. The summed E-state index contributed by atoms with van der Waals surface area (Å²) in [7, 11) is 1.26. The van der Waals surface area contributed by atoms with Gasteiger partial charge < -0.3 is 24.8 Å². The number of carbonyl (C=O) groups is 4. The van der Waals surface area contributed by atoms with Gasteiger partial charge in [0, 0.05) is 12.5 Å². The van der Waals surface area contributed by atoms with Crippen LogP contribution in [0.25, 0.3) is 0 Å². The van der Waals surface area contributed by atoms with Crippen molar-refractivity contribution in [2.45, 2.75) is 105 Å². The second-order valence-corrected chi connectivity index (χ2v) is 12.4. The minimum atomic E-state index is -0.962. The summed E-state index contributed by atoms with van der Waals surface area (Å²) >= 11 is 0. The van der Waals surface area contributed by atoms with Gasteiger partial charge in [-0.05, 0) is 41.4 Å². The predicted molar refractivity (Wildman–Crippen MR) is 144 cm³/mol. The van der Waals surface area contributed by atoms with Crippen LogP contribution in [0.4, 0.5) is 4.79 Å². The second kappa shape index (κ2) is 13.6. The first-order valence-corrected chi connectivity index (χ1v) is 13.3. The number of carbonyl (C=O) groups excluding carboxylic acids is 4. The highest BCUT2D eigenvalue weighted by Crippen LogP contribution is 2.32. The number of rotatable bonds is 9. The summed E-state index contributed by atoms with van der Waals surface area (Å²) in [5.41, 5.74) is 0.00804. The number of amides is 2. The fourth-order valence-electron chi connectivity index (χ4n) is 4.23. The molecule has 1 aliphatic carbocycles. The molecule has 9 nitrogen and oxygen atoms in total. The van der Waals surface area contributed by atoms with E-state index in [1.165, 1.54) is 13.2 Å². The molecule has 0 saturated heterocycles. The lowest BCUT2D eigenvalue weighted by molar-refractivity contribution is -0.143. The molecule has 0 aliphatic heterocycles. The Hall–Kier alpha value is -3.10. The predicted octanol–water partition coefficient (Wildman–Crippen LogP) is 5.09. The molecule has 1 atom stereocenters. The fraction of sp³-hybridized carbons (Fsp3) is 0.655. The van der Waals surface area contributed by atoms with E-state index in [9.17, 15) is 19.2 Å². The van der Waals surface area contributed by atoms with Crippen LogP contribution in [0, 0.1) is 10.8 Å². The van der Waals surface area contributed by atoms with Crippen LogP contribution in [0.5, 0.6) is 11.5 Å². The summed E-state index contributed by atoms with van der Waals surface area (Å²) in [5.74, 6) is -1.34. The molecule has 0 radical (unpaired) electrons. The molecule has 2 amide bonds. The van der Waals surface area contributed by atoms with Gasteiger partial charge in [-0.25, -0.2) is 9.59 Å². The summed E-state index contributed by atoms with van der Waals surface area (Å²) in [6, 6.07) is 3.44. The maximum absolute atomic E-state index is 12.6. The zero-order chi connectivity index (χ0) is 28.5. The third kappa shape index (κ3) is 11.5. The smallest absolute Gasteiger partial charge is 0.328 e. The van der Waals surface area contributed by atoms with Crippen LogP contribution >= 0.6 is 0 Å². The van der Waals surface area contributed by atoms with Crippen LogP contribution in [0.2, 0.25) is 0 Å². The van der Waals surface area contributed by atoms with Gasteiger partial charge in [0.15, 0.2) is 11.5 Å². The largest absolute Gasteiger partial charge is 0.467 e. The monoisotopic (exact) mass is 532 g/mol. The molecule has 9 heteroatoms. The molecule has 1 fully saturated rings. The van der Waals surface area contributed by atoms with Gasteiger partial charge >= 0.3 is 23.9 Å². The first-order chi connectivity index (χ1) is 17.6. The summed E-state index contributed by atoms with van der Waals surface area (Å²) < 4.78 is 16.1. The third-order valence-electron chi connectivity index (χ3n) is 5.98. The lowest BCUT2D eigenvalue weighted by Gasteiger charge is -2.24. The molecule has 0 spiro atoms. The van der Waals surface area contributed by atoms with Gasteiger partial charge in [-0.1, -0.05) is 66.9 Å². The van der Waals surface area contributed by atoms with Crippen molar-refractivity contribution < 1.29 is 33.4 Å². The van der Waals surface area contributed by atoms with Crippen molar-refractivity contribution >= 4 is 23.9 Å². The number of urea groups is 1. The van der Waals surface area contributed by atoms with Crippen LogP contribution in [0.3, 0.4) is 0 Å². The van der Waals surface area contributed by atoms with Crippen molar-refractivity contribution in [1.29, 1.82) is 0 Å². The Kier molecular flexibility index (Phi) is 11.2. The highest BCUT2D eigenvalue weighted by Gasteiger charge is 2.26. The van der Waals surface area contributed by atoms with E-state index >= 15 is 0 Å². The highest BCUT2D eigenvalue weighted by molar-refractivity contribution is 5.84. The van der Waals surface area contributed by atoms with Crippen LogP contribution in [0.1, 0.15) is 92.1 Å². The summed E-state index contributed by atoms with van der Waals surface area (Å²) in [6.07, 6.45) is 5.53. The summed E-state index contributed by atoms with van der Waals surface area (Å²) in [6.45, 7) is 11.5. The molecule has 1 aromatic rings. The quantitative estimate of drug-likeness (QED) is 0.336. The van der Waals surface area contributed by atoms with Crippen molar-refractivity contribution in [2.75, 3.05) is 7.11 Å². The van der Waals surface area contributed by atoms with E-state index < -0.39 is 30.0 Å². The van der Waals surface area contributed by atoms with Crippen molar-refractivity contribution in [3.8, 4) is 11.5 Å². The van der Waals surface area contributed by atoms with Gasteiger partial charge in [0.1, 0.15) is 6.04 Å². The molecule has 1 aliphatic rings. The Morgan fingerprint density at radius 1 is 0.868 bits per heavy atom. The molecule has 2 rings (SSSR count). The Morgan fingerprint density at radius 3 is 1.95 bits per heavy atom.